The van der Waals surface area contributed by atoms with Crippen molar-refractivity contribution in [3.05, 3.63) is 35.4 Å². The molecular formula is C12H18N2O2S. The minimum atomic E-state index is -3.16. The molecule has 94 valence electrons. The Morgan fingerprint density at radius 3 is 2.18 bits per heavy atom. The van der Waals surface area contributed by atoms with Gasteiger partial charge in [-0.25, -0.2) is 8.42 Å². The van der Waals surface area contributed by atoms with Crippen LogP contribution >= 0.6 is 0 Å². The van der Waals surface area contributed by atoms with Gasteiger partial charge in [0.1, 0.15) is 0 Å². The lowest BCUT2D eigenvalue weighted by Crippen LogP contribution is -2.38. The number of rotatable bonds is 3. The van der Waals surface area contributed by atoms with Crippen LogP contribution in [0.1, 0.15) is 17.0 Å². The van der Waals surface area contributed by atoms with Crippen LogP contribution in [0.3, 0.4) is 0 Å². The normalized spacial score (nSPS) is 32.5. The van der Waals surface area contributed by atoms with Gasteiger partial charge in [-0.05, 0) is 12.5 Å². The number of hydrogen-bond acceptors (Lipinski definition) is 4. The topological polar surface area (TPSA) is 86.2 Å². The predicted octanol–water partition coefficient (Wildman–Crippen LogP) is 0.162. The molecule has 2 rings (SSSR count). The van der Waals surface area contributed by atoms with Gasteiger partial charge < -0.3 is 11.5 Å². The fourth-order valence-electron chi connectivity index (χ4n) is 2.57. The molecule has 0 amide bonds. The average molecular weight is 254 g/mol. The minimum absolute atomic E-state index is 0.178. The maximum atomic E-state index is 11.7. The van der Waals surface area contributed by atoms with E-state index in [9.17, 15) is 8.42 Å². The molecule has 1 aliphatic carbocycles. The van der Waals surface area contributed by atoms with Crippen molar-refractivity contribution in [1.29, 1.82) is 0 Å². The summed E-state index contributed by atoms with van der Waals surface area (Å²) in [5.41, 5.74) is 13.0. The van der Waals surface area contributed by atoms with Gasteiger partial charge in [0.25, 0.3) is 0 Å². The molecule has 0 unspecified atom stereocenters. The number of sulfone groups is 1. The predicted molar refractivity (Wildman–Crippen MR) is 68.5 cm³/mol. The highest BCUT2D eigenvalue weighted by Crippen LogP contribution is 2.53. The molecule has 0 aromatic heterocycles. The first kappa shape index (κ1) is 12.5. The summed E-state index contributed by atoms with van der Waals surface area (Å²) in [6.45, 7) is 2.17. The van der Waals surface area contributed by atoms with E-state index in [0.29, 0.717) is 0 Å². The molecule has 3 atom stereocenters. The number of nitrogens with two attached hydrogens (primary N) is 2. The summed E-state index contributed by atoms with van der Waals surface area (Å²) in [4.78, 5) is 0. The molecule has 0 saturated heterocycles. The zero-order valence-electron chi connectivity index (χ0n) is 10.1. The fourth-order valence-corrected chi connectivity index (χ4v) is 4.44. The van der Waals surface area contributed by atoms with Gasteiger partial charge in [0.2, 0.25) is 0 Å². The van der Waals surface area contributed by atoms with Crippen LogP contribution in [0.2, 0.25) is 0 Å². The summed E-state index contributed by atoms with van der Waals surface area (Å²) >= 11 is 0. The lowest BCUT2D eigenvalue weighted by atomic mass is 10.1. The number of hydrogen-bond donors (Lipinski definition) is 2. The molecule has 0 aliphatic heterocycles. The van der Waals surface area contributed by atoms with E-state index in [4.69, 9.17) is 11.5 Å². The van der Waals surface area contributed by atoms with E-state index >= 15 is 0 Å². The second-order valence-electron chi connectivity index (χ2n) is 4.95. The zero-order valence-corrected chi connectivity index (χ0v) is 10.9. The maximum Gasteiger partial charge on any atom is 0.152 e. The van der Waals surface area contributed by atoms with Crippen molar-refractivity contribution in [3.8, 4) is 0 Å². The van der Waals surface area contributed by atoms with Crippen LogP contribution in [0.25, 0.3) is 0 Å². The first-order valence-electron chi connectivity index (χ1n) is 5.55. The SMILES string of the molecule is Cc1ccc([C@H]2[C@@H](S(C)(=O)=O)[C@@]2(N)CN)cc1. The minimum Gasteiger partial charge on any atom is -0.329 e. The van der Waals surface area contributed by atoms with Gasteiger partial charge in [0.15, 0.2) is 9.84 Å². The second kappa shape index (κ2) is 3.80. The van der Waals surface area contributed by atoms with Crippen LogP contribution in [0.4, 0.5) is 0 Å². The van der Waals surface area contributed by atoms with E-state index < -0.39 is 20.6 Å². The van der Waals surface area contributed by atoms with Crippen molar-refractivity contribution in [3.63, 3.8) is 0 Å². The molecule has 1 fully saturated rings. The van der Waals surface area contributed by atoms with Gasteiger partial charge in [0, 0.05) is 18.7 Å². The van der Waals surface area contributed by atoms with Crippen LogP contribution in [0.5, 0.6) is 0 Å². The molecular weight excluding hydrogens is 236 g/mol. The van der Waals surface area contributed by atoms with E-state index in [1.54, 1.807) is 0 Å². The Balaban J connectivity index is 2.37. The molecule has 1 aliphatic rings. The summed E-state index contributed by atoms with van der Waals surface area (Å²) < 4.78 is 23.4. The third-order valence-electron chi connectivity index (χ3n) is 3.55. The van der Waals surface area contributed by atoms with Crippen molar-refractivity contribution in [2.45, 2.75) is 23.6 Å². The van der Waals surface area contributed by atoms with E-state index in [0.717, 1.165) is 11.1 Å². The van der Waals surface area contributed by atoms with E-state index in [-0.39, 0.29) is 12.5 Å². The molecule has 1 aromatic carbocycles. The molecule has 0 radical (unpaired) electrons. The van der Waals surface area contributed by atoms with Gasteiger partial charge in [0.05, 0.1) is 10.8 Å². The first-order valence-corrected chi connectivity index (χ1v) is 7.50. The van der Waals surface area contributed by atoms with E-state index in [1.807, 2.05) is 31.2 Å². The Morgan fingerprint density at radius 2 is 1.82 bits per heavy atom. The summed E-state index contributed by atoms with van der Waals surface area (Å²) in [5.74, 6) is -0.178. The highest BCUT2D eigenvalue weighted by molar-refractivity contribution is 7.91. The van der Waals surface area contributed by atoms with Crippen LogP contribution < -0.4 is 11.5 Å². The van der Waals surface area contributed by atoms with Gasteiger partial charge in [-0.2, -0.15) is 0 Å². The van der Waals surface area contributed by atoms with Crippen molar-refractivity contribution in [2.24, 2.45) is 11.5 Å². The number of benzene rings is 1. The standard InChI is InChI=1S/C12H18N2O2S/c1-8-3-5-9(6-4-8)10-11(17(2,15)16)12(10,14)7-13/h3-6,10-11H,7,13-14H2,1-2H3/t10-,11+,12+/m0/s1. The zero-order chi connectivity index (χ0) is 12.8. The van der Waals surface area contributed by atoms with Gasteiger partial charge >= 0.3 is 0 Å². The Hall–Kier alpha value is -0.910. The van der Waals surface area contributed by atoms with Crippen molar-refractivity contribution in [1.82, 2.24) is 0 Å². The Morgan fingerprint density at radius 1 is 1.29 bits per heavy atom. The molecule has 5 heteroatoms. The Bertz CT molecular complexity index is 524. The Kier molecular flexibility index (Phi) is 2.80. The molecule has 0 spiro atoms. The molecule has 4 N–H and O–H groups in total. The van der Waals surface area contributed by atoms with Crippen LogP contribution in [0, 0.1) is 6.92 Å². The summed E-state index contributed by atoms with van der Waals surface area (Å²) in [5, 5.41) is -0.553. The smallest absolute Gasteiger partial charge is 0.152 e. The molecule has 17 heavy (non-hydrogen) atoms. The molecule has 4 nitrogen and oxygen atoms in total. The monoisotopic (exact) mass is 254 g/mol. The fraction of sp³-hybridized carbons (Fsp3) is 0.500. The van der Waals surface area contributed by atoms with Crippen LogP contribution in [-0.2, 0) is 9.84 Å². The highest BCUT2D eigenvalue weighted by Gasteiger charge is 2.67. The second-order valence-corrected chi connectivity index (χ2v) is 7.12. The maximum absolute atomic E-state index is 11.7. The molecule has 0 bridgehead atoms. The lowest BCUT2D eigenvalue weighted by molar-refractivity contribution is 0.591. The van der Waals surface area contributed by atoms with Crippen molar-refractivity contribution >= 4 is 9.84 Å². The van der Waals surface area contributed by atoms with E-state index in [2.05, 4.69) is 0 Å². The first-order chi connectivity index (χ1) is 7.80. The molecule has 0 heterocycles. The van der Waals surface area contributed by atoms with Crippen molar-refractivity contribution < 1.29 is 8.42 Å². The average Bonchev–Trinajstić information content (AvgIpc) is 2.87. The lowest BCUT2D eigenvalue weighted by Gasteiger charge is -2.07. The van der Waals surface area contributed by atoms with Gasteiger partial charge in [-0.1, -0.05) is 29.8 Å². The van der Waals surface area contributed by atoms with Crippen LogP contribution in [-0.4, -0.2) is 32.0 Å². The molecule has 1 aromatic rings. The van der Waals surface area contributed by atoms with E-state index in [1.165, 1.54) is 6.26 Å². The van der Waals surface area contributed by atoms with Gasteiger partial charge in [-0.15, -0.1) is 0 Å². The summed E-state index contributed by atoms with van der Waals surface area (Å²) in [6, 6.07) is 7.79. The van der Waals surface area contributed by atoms with Crippen LogP contribution in [0.15, 0.2) is 24.3 Å². The summed E-state index contributed by atoms with van der Waals surface area (Å²) in [6.07, 6.45) is 1.23. The number of aryl methyl sites for hydroxylation is 1. The van der Waals surface area contributed by atoms with Crippen molar-refractivity contribution in [2.75, 3.05) is 12.8 Å². The largest absolute Gasteiger partial charge is 0.329 e. The Labute approximate surface area is 102 Å². The summed E-state index contributed by atoms with van der Waals surface area (Å²) in [7, 11) is -3.16. The highest BCUT2D eigenvalue weighted by atomic mass is 32.2. The third-order valence-corrected chi connectivity index (χ3v) is 5.19. The third kappa shape index (κ3) is 1.99. The van der Waals surface area contributed by atoms with Gasteiger partial charge in [-0.3, -0.25) is 0 Å². The molecule has 1 saturated carbocycles. The quantitative estimate of drug-likeness (QED) is 0.804.